The summed E-state index contributed by atoms with van der Waals surface area (Å²) < 4.78 is 43.9. The largest absolute Gasteiger partial charge is 0.457 e. The number of aliphatic hydroxyl groups excluding tert-OH is 5. The second kappa shape index (κ2) is 14.2. The second-order valence-corrected chi connectivity index (χ2v) is 18.9. The molecule has 0 amide bonds. The van der Waals surface area contributed by atoms with E-state index in [0.29, 0.717) is 42.4 Å². The van der Waals surface area contributed by atoms with E-state index in [2.05, 4.69) is 33.8 Å². The minimum atomic E-state index is -1.61. The van der Waals surface area contributed by atoms with Crippen molar-refractivity contribution in [3.63, 3.8) is 0 Å². The predicted octanol–water partition coefficient (Wildman–Crippen LogP) is 2.96. The van der Waals surface area contributed by atoms with Crippen molar-refractivity contribution in [2.45, 2.75) is 185 Å². The Balaban J connectivity index is 1.05. The first-order valence-corrected chi connectivity index (χ1v) is 20.7. The third-order valence-electron chi connectivity index (χ3n) is 15.9. The van der Waals surface area contributed by atoms with Gasteiger partial charge in [0.25, 0.3) is 0 Å². The smallest absolute Gasteiger partial charge is 0.303 e. The summed E-state index contributed by atoms with van der Waals surface area (Å²) in [4.78, 5) is 11.8. The normalized spacial score (nSPS) is 57.0. The molecule has 1 spiro atoms. The molecule has 4 heterocycles. The average Bonchev–Trinajstić information content (AvgIpc) is 3.56. The maximum atomic E-state index is 11.8. The number of esters is 1. The van der Waals surface area contributed by atoms with E-state index in [0.717, 1.165) is 45.1 Å². The van der Waals surface area contributed by atoms with Gasteiger partial charge in [0.15, 0.2) is 24.5 Å². The first-order valence-electron chi connectivity index (χ1n) is 20.7. The molecule has 0 aromatic heterocycles. The quantitative estimate of drug-likeness (QED) is 0.204. The summed E-state index contributed by atoms with van der Waals surface area (Å²) in [6, 6.07) is 0. The van der Waals surface area contributed by atoms with Gasteiger partial charge in [0.2, 0.25) is 0 Å². The SMILES string of the molecule is CC(=O)OC1C(O)C(C)OC(OC2C(OC3CC(O)CC4=CCC5C6CC7O[C@]8(CCC(C)CO8)C(C)C7[C@@]6(C)CCC5[C@]43C)OC(C)C(O)C2O)C1O. The van der Waals surface area contributed by atoms with Gasteiger partial charge in [-0.25, -0.2) is 0 Å². The zero-order valence-electron chi connectivity index (χ0n) is 32.9. The minimum Gasteiger partial charge on any atom is -0.457 e. The fourth-order valence-electron chi connectivity index (χ4n) is 12.9. The van der Waals surface area contributed by atoms with Gasteiger partial charge in [0.05, 0.1) is 37.1 Å². The summed E-state index contributed by atoms with van der Waals surface area (Å²) in [7, 11) is 0. The molecular weight excluding hydrogens is 700 g/mol. The van der Waals surface area contributed by atoms with Crippen LogP contribution in [0, 0.1) is 46.3 Å². The lowest BCUT2D eigenvalue weighted by atomic mass is 9.46. The summed E-state index contributed by atoms with van der Waals surface area (Å²) in [5, 5.41) is 55.4. The van der Waals surface area contributed by atoms with E-state index in [-0.39, 0.29) is 17.4 Å². The highest BCUT2D eigenvalue weighted by Gasteiger charge is 2.69. The van der Waals surface area contributed by atoms with Gasteiger partial charge < -0.3 is 58.7 Å². The van der Waals surface area contributed by atoms with Gasteiger partial charge in [-0.05, 0) is 87.4 Å². The summed E-state index contributed by atoms with van der Waals surface area (Å²) in [6.45, 7) is 14.5. The minimum absolute atomic E-state index is 0.115. The first-order chi connectivity index (χ1) is 25.5. The lowest BCUT2D eigenvalue weighted by molar-refractivity contribution is -0.371. The number of aliphatic hydroxyl groups is 5. The molecule has 0 radical (unpaired) electrons. The van der Waals surface area contributed by atoms with Gasteiger partial charge in [-0.2, -0.15) is 0 Å². The van der Waals surface area contributed by atoms with E-state index in [1.165, 1.54) is 12.5 Å². The number of allylic oxidation sites excluding steroid dienone is 1. The molecule has 13 heteroatoms. The van der Waals surface area contributed by atoms with Crippen LogP contribution in [0.3, 0.4) is 0 Å². The third-order valence-corrected chi connectivity index (χ3v) is 15.9. The van der Waals surface area contributed by atoms with Crippen LogP contribution in [0.5, 0.6) is 0 Å². The van der Waals surface area contributed by atoms with E-state index in [1.54, 1.807) is 13.8 Å². The topological polar surface area (TPSA) is 183 Å². The molecular formula is C41H64O13. The number of hydrogen-bond acceptors (Lipinski definition) is 13. The Morgan fingerprint density at radius 2 is 1.56 bits per heavy atom. The number of rotatable bonds is 5. The molecule has 13 nitrogen and oxygen atoms in total. The van der Waals surface area contributed by atoms with Gasteiger partial charge >= 0.3 is 5.97 Å². The standard InChI is InChI=1S/C41H64O13/c1-18-10-13-41(48-17-18)19(2)30-28(54-41)16-27-25-9-8-23-14-24(43)15-29(40(23,7)26(25)11-12-39(27,30)6)52-38-36(33(46)31(44)20(3)50-38)53-37-34(47)35(51-22(5)42)32(45)21(4)49-37/h8,18-21,24-38,43-47H,9-17H2,1-7H3/t18?,19?,20?,21?,24?,25?,26?,27?,28?,29?,30?,31?,32?,33?,34?,35?,36?,37?,38?,39-,40-,41+/m0/s1. The van der Waals surface area contributed by atoms with Crippen LogP contribution < -0.4 is 0 Å². The third kappa shape index (κ3) is 6.17. The molecule has 19 unspecified atom stereocenters. The number of hydrogen-bond donors (Lipinski definition) is 5. The van der Waals surface area contributed by atoms with Gasteiger partial charge in [-0.1, -0.05) is 39.3 Å². The fourth-order valence-corrected chi connectivity index (χ4v) is 12.9. The average molecular weight is 765 g/mol. The van der Waals surface area contributed by atoms with Crippen molar-refractivity contribution in [3.05, 3.63) is 11.6 Å². The Morgan fingerprint density at radius 1 is 0.833 bits per heavy atom. The van der Waals surface area contributed by atoms with Crippen LogP contribution in [0.15, 0.2) is 11.6 Å². The van der Waals surface area contributed by atoms with Crippen LogP contribution in [0.25, 0.3) is 0 Å². The van der Waals surface area contributed by atoms with Crippen LogP contribution in [-0.4, -0.2) is 124 Å². The molecule has 54 heavy (non-hydrogen) atoms. The maximum Gasteiger partial charge on any atom is 0.303 e. The van der Waals surface area contributed by atoms with Crippen molar-refractivity contribution in [1.29, 1.82) is 0 Å². The summed E-state index contributed by atoms with van der Waals surface area (Å²) >= 11 is 0. The van der Waals surface area contributed by atoms with Crippen LogP contribution >= 0.6 is 0 Å². The first kappa shape index (κ1) is 39.6. The van der Waals surface area contributed by atoms with Gasteiger partial charge in [-0.3, -0.25) is 4.79 Å². The Kier molecular flexibility index (Phi) is 10.4. The van der Waals surface area contributed by atoms with Gasteiger partial charge in [0.1, 0.15) is 30.5 Å². The molecule has 3 saturated carbocycles. The van der Waals surface area contributed by atoms with Gasteiger partial charge in [-0.15, -0.1) is 0 Å². The number of ether oxygens (including phenoxy) is 7. The molecule has 4 aliphatic carbocycles. The van der Waals surface area contributed by atoms with Crippen molar-refractivity contribution in [2.24, 2.45) is 46.3 Å². The predicted molar refractivity (Wildman–Crippen MR) is 191 cm³/mol. The number of carbonyl (C=O) groups excluding carboxylic acids is 1. The van der Waals surface area contributed by atoms with Crippen molar-refractivity contribution < 1.29 is 63.5 Å². The molecule has 5 N–H and O–H groups in total. The van der Waals surface area contributed by atoms with E-state index >= 15 is 0 Å². The monoisotopic (exact) mass is 764 g/mol. The highest BCUT2D eigenvalue weighted by molar-refractivity contribution is 5.66. The molecule has 8 rings (SSSR count). The molecule has 306 valence electrons. The Hall–Kier alpha value is -1.23. The van der Waals surface area contributed by atoms with Crippen LogP contribution in [0.2, 0.25) is 0 Å². The number of fused-ring (bicyclic) bond motifs is 7. The zero-order valence-corrected chi connectivity index (χ0v) is 32.9. The van der Waals surface area contributed by atoms with Crippen LogP contribution in [0.4, 0.5) is 0 Å². The summed E-state index contributed by atoms with van der Waals surface area (Å²) in [5.74, 6) is 1.27. The maximum absolute atomic E-state index is 11.8. The van der Waals surface area contributed by atoms with E-state index < -0.39 is 90.8 Å². The fraction of sp³-hybridized carbons (Fsp3) is 0.927. The molecule has 0 bridgehead atoms. The highest BCUT2D eigenvalue weighted by atomic mass is 16.8. The van der Waals surface area contributed by atoms with Crippen molar-refractivity contribution in [1.82, 2.24) is 0 Å². The Morgan fingerprint density at radius 3 is 2.26 bits per heavy atom. The Labute approximate surface area is 319 Å². The molecule has 4 aliphatic heterocycles. The van der Waals surface area contributed by atoms with E-state index in [4.69, 9.17) is 33.2 Å². The summed E-state index contributed by atoms with van der Waals surface area (Å²) in [6.07, 6.45) is -4.40. The summed E-state index contributed by atoms with van der Waals surface area (Å²) in [5.41, 5.74) is 0.849. The lowest BCUT2D eigenvalue weighted by Crippen LogP contribution is -2.65. The Bertz CT molecular complexity index is 1430. The lowest BCUT2D eigenvalue weighted by Gasteiger charge is -2.60. The molecule has 0 aromatic carbocycles. The molecule has 22 atom stereocenters. The molecule has 7 fully saturated rings. The van der Waals surface area contributed by atoms with Crippen molar-refractivity contribution in [3.8, 4) is 0 Å². The van der Waals surface area contributed by atoms with E-state index in [9.17, 15) is 30.3 Å². The van der Waals surface area contributed by atoms with Crippen LogP contribution in [0.1, 0.15) is 99.8 Å². The van der Waals surface area contributed by atoms with E-state index in [1.807, 2.05) is 0 Å². The van der Waals surface area contributed by atoms with Crippen molar-refractivity contribution in [2.75, 3.05) is 6.61 Å². The second-order valence-electron chi connectivity index (χ2n) is 18.9. The zero-order chi connectivity index (χ0) is 38.6. The molecule has 4 saturated heterocycles. The highest BCUT2D eigenvalue weighted by Crippen LogP contribution is 2.71. The van der Waals surface area contributed by atoms with Gasteiger partial charge in [0, 0.05) is 31.1 Å². The molecule has 0 aromatic rings. The van der Waals surface area contributed by atoms with Crippen LogP contribution in [-0.2, 0) is 38.0 Å². The van der Waals surface area contributed by atoms with Crippen molar-refractivity contribution >= 4 is 5.97 Å². The molecule has 8 aliphatic rings. The number of carbonyl (C=O) groups is 1.